The Labute approximate surface area is 177 Å². The number of nitro benzene ring substituents is 1. The van der Waals surface area contributed by atoms with Gasteiger partial charge in [-0.2, -0.15) is 0 Å². The lowest BCUT2D eigenvalue weighted by molar-refractivity contribution is -0.384. The van der Waals surface area contributed by atoms with Crippen LogP contribution in [-0.2, 0) is 11.2 Å². The Balaban J connectivity index is 1.42. The molecule has 2 heterocycles. The second-order valence-electron chi connectivity index (χ2n) is 8.01. The standard InChI is InChI=1S/C23H28N4O3/c28-23(17-19-7-3-1-4-8-19)26-15-13-24(14-16-26)20-9-10-21(27(29)30)22(18-20)25-11-5-2-6-12-25/h1,3-4,7-10,18H,2,5-6,11-17H2. The first-order valence-corrected chi connectivity index (χ1v) is 10.7. The Kier molecular flexibility index (Phi) is 6.16. The summed E-state index contributed by atoms with van der Waals surface area (Å²) in [6, 6.07) is 15.3. The molecule has 0 atom stereocenters. The van der Waals surface area contributed by atoms with Gasteiger partial charge in [-0.25, -0.2) is 0 Å². The zero-order chi connectivity index (χ0) is 20.9. The number of hydrogen-bond donors (Lipinski definition) is 0. The van der Waals surface area contributed by atoms with Crippen molar-refractivity contribution in [3.8, 4) is 0 Å². The van der Waals surface area contributed by atoms with Gasteiger partial charge in [0.2, 0.25) is 5.91 Å². The molecule has 2 aromatic carbocycles. The van der Waals surface area contributed by atoms with Crippen molar-refractivity contribution in [3.63, 3.8) is 0 Å². The molecule has 4 rings (SSSR count). The fourth-order valence-electron chi connectivity index (χ4n) is 4.35. The van der Waals surface area contributed by atoms with Crippen LogP contribution in [0.1, 0.15) is 24.8 Å². The van der Waals surface area contributed by atoms with Crippen LogP contribution in [0, 0.1) is 10.1 Å². The summed E-state index contributed by atoms with van der Waals surface area (Å²) in [6.45, 7) is 4.54. The maximum absolute atomic E-state index is 12.6. The van der Waals surface area contributed by atoms with E-state index in [-0.39, 0.29) is 16.5 Å². The molecule has 2 saturated heterocycles. The molecule has 2 aliphatic heterocycles. The maximum atomic E-state index is 12.6. The predicted octanol–water partition coefficient (Wildman–Crippen LogP) is 3.48. The van der Waals surface area contributed by atoms with Gasteiger partial charge in [0, 0.05) is 51.0 Å². The number of carbonyl (C=O) groups excluding carboxylic acids is 1. The van der Waals surface area contributed by atoms with Crippen LogP contribution in [0.5, 0.6) is 0 Å². The first-order chi connectivity index (χ1) is 14.6. The highest BCUT2D eigenvalue weighted by molar-refractivity contribution is 5.79. The molecule has 0 bridgehead atoms. The number of nitrogens with zero attached hydrogens (tertiary/aromatic N) is 4. The summed E-state index contributed by atoms with van der Waals surface area (Å²) in [5.74, 6) is 0.151. The van der Waals surface area contributed by atoms with Gasteiger partial charge in [0.05, 0.1) is 11.3 Å². The van der Waals surface area contributed by atoms with Gasteiger partial charge in [0.15, 0.2) is 0 Å². The van der Waals surface area contributed by atoms with Crippen molar-refractivity contribution in [2.24, 2.45) is 0 Å². The SMILES string of the molecule is O=C(Cc1ccccc1)N1CCN(c2ccc([N+](=O)[O-])c(N3CCCCC3)c2)CC1. The maximum Gasteiger partial charge on any atom is 0.292 e. The van der Waals surface area contributed by atoms with Crippen LogP contribution in [0.3, 0.4) is 0 Å². The first-order valence-electron chi connectivity index (χ1n) is 10.7. The van der Waals surface area contributed by atoms with Crippen molar-refractivity contribution in [2.45, 2.75) is 25.7 Å². The summed E-state index contributed by atoms with van der Waals surface area (Å²) < 4.78 is 0. The second-order valence-corrected chi connectivity index (χ2v) is 8.01. The van der Waals surface area contributed by atoms with Gasteiger partial charge in [-0.1, -0.05) is 30.3 Å². The Bertz CT molecular complexity index is 889. The predicted molar refractivity (Wildman–Crippen MR) is 118 cm³/mol. The van der Waals surface area contributed by atoms with E-state index >= 15 is 0 Å². The highest BCUT2D eigenvalue weighted by Gasteiger charge is 2.25. The molecule has 0 aliphatic carbocycles. The number of piperidine rings is 1. The Hall–Kier alpha value is -3.09. The molecule has 7 heteroatoms. The highest BCUT2D eigenvalue weighted by Crippen LogP contribution is 2.34. The largest absolute Gasteiger partial charge is 0.368 e. The molecule has 158 valence electrons. The van der Waals surface area contributed by atoms with Crippen molar-refractivity contribution in [1.29, 1.82) is 0 Å². The molecule has 7 nitrogen and oxygen atoms in total. The van der Waals surface area contributed by atoms with Gasteiger partial charge < -0.3 is 14.7 Å². The summed E-state index contributed by atoms with van der Waals surface area (Å²) >= 11 is 0. The second kappa shape index (κ2) is 9.15. The number of piperazine rings is 1. The average Bonchev–Trinajstić information content (AvgIpc) is 2.80. The van der Waals surface area contributed by atoms with Crippen LogP contribution in [0.15, 0.2) is 48.5 Å². The third kappa shape index (κ3) is 4.56. The smallest absolute Gasteiger partial charge is 0.292 e. The fraction of sp³-hybridized carbons (Fsp3) is 0.435. The Morgan fingerprint density at radius 3 is 2.23 bits per heavy atom. The van der Waals surface area contributed by atoms with E-state index in [4.69, 9.17) is 0 Å². The van der Waals surface area contributed by atoms with E-state index in [2.05, 4.69) is 9.80 Å². The zero-order valence-corrected chi connectivity index (χ0v) is 17.2. The van der Waals surface area contributed by atoms with Gasteiger partial charge in [-0.3, -0.25) is 14.9 Å². The van der Waals surface area contributed by atoms with E-state index in [1.807, 2.05) is 47.4 Å². The summed E-state index contributed by atoms with van der Waals surface area (Å²) in [4.78, 5) is 30.2. The number of anilines is 2. The average molecular weight is 409 g/mol. The molecule has 0 N–H and O–H groups in total. The lowest BCUT2D eigenvalue weighted by Crippen LogP contribution is -2.49. The van der Waals surface area contributed by atoms with E-state index in [1.54, 1.807) is 6.07 Å². The Morgan fingerprint density at radius 2 is 1.57 bits per heavy atom. The lowest BCUT2D eigenvalue weighted by atomic mass is 10.1. The fourth-order valence-corrected chi connectivity index (χ4v) is 4.35. The van der Waals surface area contributed by atoms with Gasteiger partial charge in [-0.15, -0.1) is 0 Å². The van der Waals surface area contributed by atoms with E-state index in [1.165, 1.54) is 6.42 Å². The minimum absolute atomic E-state index is 0.151. The molecule has 1 amide bonds. The third-order valence-electron chi connectivity index (χ3n) is 6.05. The van der Waals surface area contributed by atoms with Crippen LogP contribution < -0.4 is 9.80 Å². The van der Waals surface area contributed by atoms with E-state index in [0.717, 1.165) is 56.0 Å². The third-order valence-corrected chi connectivity index (χ3v) is 6.05. The monoisotopic (exact) mass is 408 g/mol. The molecule has 0 aromatic heterocycles. The topological polar surface area (TPSA) is 69.9 Å². The zero-order valence-electron chi connectivity index (χ0n) is 17.2. The molecule has 0 radical (unpaired) electrons. The van der Waals surface area contributed by atoms with Gasteiger partial charge in [0.25, 0.3) is 5.69 Å². The molecule has 0 spiro atoms. The van der Waals surface area contributed by atoms with E-state index < -0.39 is 0 Å². The summed E-state index contributed by atoms with van der Waals surface area (Å²) in [5, 5.41) is 11.5. The quantitative estimate of drug-likeness (QED) is 0.560. The number of benzene rings is 2. The number of hydrogen-bond acceptors (Lipinski definition) is 5. The van der Waals surface area contributed by atoms with Crippen LogP contribution in [0.25, 0.3) is 0 Å². The molecular formula is C23H28N4O3. The normalized spacial score (nSPS) is 17.1. The van der Waals surface area contributed by atoms with Gasteiger partial charge in [0.1, 0.15) is 5.69 Å². The van der Waals surface area contributed by atoms with Crippen molar-refractivity contribution in [1.82, 2.24) is 4.90 Å². The van der Waals surface area contributed by atoms with Gasteiger partial charge >= 0.3 is 0 Å². The number of nitro groups is 1. The van der Waals surface area contributed by atoms with Gasteiger partial charge in [-0.05, 0) is 37.0 Å². The van der Waals surface area contributed by atoms with Crippen LogP contribution >= 0.6 is 0 Å². The molecule has 0 saturated carbocycles. The molecule has 0 unspecified atom stereocenters. The summed E-state index contributed by atoms with van der Waals surface area (Å²) in [5.41, 5.74) is 2.93. The number of carbonyl (C=O) groups is 1. The van der Waals surface area contributed by atoms with E-state index in [0.29, 0.717) is 19.5 Å². The van der Waals surface area contributed by atoms with Crippen molar-refractivity contribution < 1.29 is 9.72 Å². The van der Waals surface area contributed by atoms with Crippen LogP contribution in [0.4, 0.5) is 17.1 Å². The minimum atomic E-state index is -0.284. The number of rotatable bonds is 5. The lowest BCUT2D eigenvalue weighted by Gasteiger charge is -2.37. The summed E-state index contributed by atoms with van der Waals surface area (Å²) in [7, 11) is 0. The highest BCUT2D eigenvalue weighted by atomic mass is 16.6. The molecule has 2 aliphatic rings. The molecular weight excluding hydrogens is 380 g/mol. The minimum Gasteiger partial charge on any atom is -0.368 e. The molecule has 2 aromatic rings. The number of amides is 1. The molecule has 2 fully saturated rings. The van der Waals surface area contributed by atoms with E-state index in [9.17, 15) is 14.9 Å². The molecule has 30 heavy (non-hydrogen) atoms. The summed E-state index contributed by atoms with van der Waals surface area (Å²) in [6.07, 6.45) is 3.76. The van der Waals surface area contributed by atoms with Crippen molar-refractivity contribution in [3.05, 3.63) is 64.2 Å². The van der Waals surface area contributed by atoms with Crippen LogP contribution in [-0.4, -0.2) is 55.0 Å². The first kappa shape index (κ1) is 20.2. The Morgan fingerprint density at radius 1 is 0.867 bits per heavy atom. The van der Waals surface area contributed by atoms with Crippen molar-refractivity contribution in [2.75, 3.05) is 49.1 Å². The van der Waals surface area contributed by atoms with Crippen LogP contribution in [0.2, 0.25) is 0 Å². The van der Waals surface area contributed by atoms with Crippen molar-refractivity contribution >= 4 is 23.0 Å².